The summed E-state index contributed by atoms with van der Waals surface area (Å²) in [5, 5.41) is 3.28. The summed E-state index contributed by atoms with van der Waals surface area (Å²) in [5.74, 6) is 2.16. The zero-order valence-electron chi connectivity index (χ0n) is 12.2. The van der Waals surface area contributed by atoms with Crippen molar-refractivity contribution in [3.63, 3.8) is 0 Å². The second-order valence-electron chi connectivity index (χ2n) is 5.27. The molecule has 6 nitrogen and oxygen atoms in total. The second-order valence-corrected chi connectivity index (χ2v) is 5.27. The number of hydrogen-bond acceptors (Lipinski definition) is 5. The maximum absolute atomic E-state index is 11.4. The second kappa shape index (κ2) is 6.54. The van der Waals surface area contributed by atoms with E-state index in [0.29, 0.717) is 6.54 Å². The molecular formula is C14H23N5O. The molecule has 1 saturated heterocycles. The molecule has 0 aliphatic carbocycles. The van der Waals surface area contributed by atoms with Gasteiger partial charge in [-0.25, -0.2) is 9.97 Å². The topological polar surface area (TPSA) is 84.1 Å². The first-order chi connectivity index (χ1) is 9.60. The maximum Gasteiger partial charge on any atom is 0.222 e. The predicted molar refractivity (Wildman–Crippen MR) is 79.7 cm³/mol. The average molecular weight is 277 g/mol. The van der Waals surface area contributed by atoms with Crippen LogP contribution in [0.5, 0.6) is 0 Å². The molecule has 1 aliphatic heterocycles. The van der Waals surface area contributed by atoms with Crippen LogP contribution in [0.1, 0.15) is 32.0 Å². The zero-order chi connectivity index (χ0) is 14.5. The number of rotatable bonds is 5. The number of nitrogens with one attached hydrogen (secondary N) is 1. The van der Waals surface area contributed by atoms with Gasteiger partial charge < -0.3 is 16.0 Å². The largest absolute Gasteiger partial charge is 0.370 e. The number of hydrogen-bond donors (Lipinski definition) is 2. The summed E-state index contributed by atoms with van der Waals surface area (Å²) in [6, 6.07) is 1.95. The Balaban J connectivity index is 2.14. The highest BCUT2D eigenvalue weighted by molar-refractivity contribution is 5.77. The minimum Gasteiger partial charge on any atom is -0.370 e. The summed E-state index contributed by atoms with van der Waals surface area (Å²) >= 11 is 0. The lowest BCUT2D eigenvalue weighted by Gasteiger charge is -2.32. The highest BCUT2D eigenvalue weighted by Crippen LogP contribution is 2.23. The van der Waals surface area contributed by atoms with E-state index in [1.807, 2.05) is 13.0 Å². The fraction of sp³-hybridized carbons (Fsp3) is 0.643. The molecule has 0 saturated carbocycles. The van der Waals surface area contributed by atoms with Crippen molar-refractivity contribution < 1.29 is 4.79 Å². The number of aryl methyl sites for hydroxylation is 1. The van der Waals surface area contributed by atoms with Crippen LogP contribution in [0.3, 0.4) is 0 Å². The summed E-state index contributed by atoms with van der Waals surface area (Å²) in [5.41, 5.74) is 5.42. The lowest BCUT2D eigenvalue weighted by atomic mass is 9.97. The summed E-state index contributed by atoms with van der Waals surface area (Å²) < 4.78 is 0. The Morgan fingerprint density at radius 3 is 3.05 bits per heavy atom. The summed E-state index contributed by atoms with van der Waals surface area (Å²) in [4.78, 5) is 22.3. The van der Waals surface area contributed by atoms with Gasteiger partial charge in [0.05, 0.1) is 5.92 Å². The number of carbonyl (C=O) groups is 1. The van der Waals surface area contributed by atoms with Crippen LogP contribution in [0.4, 0.5) is 11.6 Å². The number of piperidine rings is 1. The molecule has 1 aliphatic rings. The van der Waals surface area contributed by atoms with Gasteiger partial charge in [0.25, 0.3) is 0 Å². The monoisotopic (exact) mass is 277 g/mol. The first-order valence-electron chi connectivity index (χ1n) is 7.24. The number of aromatic nitrogens is 2. The molecule has 110 valence electrons. The number of nitrogens with two attached hydrogens (primary N) is 1. The third-order valence-corrected chi connectivity index (χ3v) is 3.53. The van der Waals surface area contributed by atoms with Crippen LogP contribution in [0.2, 0.25) is 0 Å². The molecule has 0 aromatic carbocycles. The van der Waals surface area contributed by atoms with Crippen LogP contribution in [-0.2, 0) is 4.79 Å². The number of anilines is 2. The SMILES string of the molecule is CCCNc1cc(N2CCCC(C(N)=O)C2)nc(C)n1. The van der Waals surface area contributed by atoms with E-state index in [-0.39, 0.29) is 11.8 Å². The third kappa shape index (κ3) is 3.59. The summed E-state index contributed by atoms with van der Waals surface area (Å²) in [7, 11) is 0. The van der Waals surface area contributed by atoms with Gasteiger partial charge >= 0.3 is 0 Å². The van der Waals surface area contributed by atoms with E-state index in [4.69, 9.17) is 5.73 Å². The first kappa shape index (κ1) is 14.6. The first-order valence-corrected chi connectivity index (χ1v) is 7.24. The summed E-state index contributed by atoms with van der Waals surface area (Å²) in [6.45, 7) is 6.45. The standard InChI is InChI=1S/C14H23N5O/c1-3-6-16-12-8-13(18-10(2)17-12)19-7-4-5-11(9-19)14(15)20/h8,11H,3-7,9H2,1-2H3,(H2,15,20)(H,16,17,18). The van der Waals surface area contributed by atoms with Crippen LogP contribution in [0.25, 0.3) is 0 Å². The van der Waals surface area contributed by atoms with Gasteiger partial charge in [-0.05, 0) is 26.2 Å². The molecule has 0 spiro atoms. The molecule has 0 bridgehead atoms. The van der Waals surface area contributed by atoms with Gasteiger partial charge in [-0.2, -0.15) is 0 Å². The molecule has 1 fully saturated rings. The molecule has 1 aromatic rings. The smallest absolute Gasteiger partial charge is 0.222 e. The van der Waals surface area contributed by atoms with Crippen LogP contribution in [-0.4, -0.2) is 35.5 Å². The van der Waals surface area contributed by atoms with Crippen molar-refractivity contribution in [2.24, 2.45) is 11.7 Å². The Morgan fingerprint density at radius 1 is 1.55 bits per heavy atom. The van der Waals surface area contributed by atoms with Gasteiger partial charge in [0, 0.05) is 25.7 Å². The quantitative estimate of drug-likeness (QED) is 0.847. The normalized spacial score (nSPS) is 18.9. The fourth-order valence-electron chi connectivity index (χ4n) is 2.48. The van der Waals surface area contributed by atoms with Gasteiger partial charge in [0.2, 0.25) is 5.91 Å². The molecule has 3 N–H and O–H groups in total. The third-order valence-electron chi connectivity index (χ3n) is 3.53. The number of primary amides is 1. The Morgan fingerprint density at radius 2 is 2.35 bits per heavy atom. The van der Waals surface area contributed by atoms with Gasteiger partial charge in [-0.3, -0.25) is 4.79 Å². The van der Waals surface area contributed by atoms with E-state index in [2.05, 4.69) is 27.1 Å². The predicted octanol–water partition coefficient (Wildman–Crippen LogP) is 1.31. The molecule has 20 heavy (non-hydrogen) atoms. The highest BCUT2D eigenvalue weighted by Gasteiger charge is 2.25. The lowest BCUT2D eigenvalue weighted by Crippen LogP contribution is -2.41. The van der Waals surface area contributed by atoms with Gasteiger partial charge in [0.1, 0.15) is 17.5 Å². The van der Waals surface area contributed by atoms with Crippen molar-refractivity contribution >= 4 is 17.5 Å². The minimum atomic E-state index is -0.218. The summed E-state index contributed by atoms with van der Waals surface area (Å²) in [6.07, 6.45) is 2.89. The van der Waals surface area contributed by atoms with Gasteiger partial charge in [-0.1, -0.05) is 6.92 Å². The van der Waals surface area contributed by atoms with Crippen LogP contribution in [0.15, 0.2) is 6.07 Å². The van der Waals surface area contributed by atoms with E-state index in [0.717, 1.165) is 49.8 Å². The molecule has 2 rings (SSSR count). The highest BCUT2D eigenvalue weighted by atomic mass is 16.1. The Bertz CT molecular complexity index is 477. The lowest BCUT2D eigenvalue weighted by molar-refractivity contribution is -0.122. The van der Waals surface area contributed by atoms with Crippen molar-refractivity contribution in [3.05, 3.63) is 11.9 Å². The van der Waals surface area contributed by atoms with E-state index in [1.54, 1.807) is 0 Å². The fourth-order valence-corrected chi connectivity index (χ4v) is 2.48. The van der Waals surface area contributed by atoms with Crippen LogP contribution < -0.4 is 16.0 Å². The van der Waals surface area contributed by atoms with E-state index < -0.39 is 0 Å². The Labute approximate surface area is 119 Å². The molecule has 1 amide bonds. The van der Waals surface area contributed by atoms with E-state index in [9.17, 15) is 4.79 Å². The Kier molecular flexibility index (Phi) is 4.76. The van der Waals surface area contributed by atoms with Crippen molar-refractivity contribution in [1.82, 2.24) is 9.97 Å². The van der Waals surface area contributed by atoms with Crippen molar-refractivity contribution in [2.45, 2.75) is 33.1 Å². The molecule has 1 unspecified atom stereocenters. The molecular weight excluding hydrogens is 254 g/mol. The van der Waals surface area contributed by atoms with E-state index >= 15 is 0 Å². The van der Waals surface area contributed by atoms with Crippen molar-refractivity contribution in [1.29, 1.82) is 0 Å². The van der Waals surface area contributed by atoms with Crippen molar-refractivity contribution in [2.75, 3.05) is 29.9 Å². The molecule has 1 aromatic heterocycles. The number of nitrogens with zero attached hydrogens (tertiary/aromatic N) is 3. The van der Waals surface area contributed by atoms with E-state index in [1.165, 1.54) is 0 Å². The van der Waals surface area contributed by atoms with Gasteiger partial charge in [0.15, 0.2) is 0 Å². The number of carbonyl (C=O) groups excluding carboxylic acids is 1. The Hall–Kier alpha value is -1.85. The van der Waals surface area contributed by atoms with Crippen LogP contribution in [0, 0.1) is 12.8 Å². The maximum atomic E-state index is 11.4. The zero-order valence-corrected chi connectivity index (χ0v) is 12.2. The molecule has 2 heterocycles. The van der Waals surface area contributed by atoms with Crippen LogP contribution >= 0.6 is 0 Å². The molecule has 6 heteroatoms. The molecule has 1 atom stereocenters. The molecule has 0 radical (unpaired) electrons. The average Bonchev–Trinajstić information content (AvgIpc) is 2.44. The van der Waals surface area contributed by atoms with Crippen molar-refractivity contribution in [3.8, 4) is 0 Å². The van der Waals surface area contributed by atoms with Gasteiger partial charge in [-0.15, -0.1) is 0 Å². The minimum absolute atomic E-state index is 0.0777. The number of amides is 1.